The summed E-state index contributed by atoms with van der Waals surface area (Å²) < 4.78 is 27.4. The van der Waals surface area contributed by atoms with Gasteiger partial charge in [0.2, 0.25) is 0 Å². The molecule has 1 aromatic rings. The number of sulfonamides is 1. The van der Waals surface area contributed by atoms with Crippen molar-refractivity contribution in [1.82, 2.24) is 0 Å². The van der Waals surface area contributed by atoms with E-state index in [1.54, 1.807) is 18.2 Å². The van der Waals surface area contributed by atoms with Crippen LogP contribution in [0, 0.1) is 0 Å². The average Bonchev–Trinajstić information content (AvgIpc) is 2.16. The van der Waals surface area contributed by atoms with Crippen LogP contribution in [-0.4, -0.2) is 13.1 Å². The van der Waals surface area contributed by atoms with Gasteiger partial charge in [0.05, 0.1) is 4.90 Å². The summed E-state index contributed by atoms with van der Waals surface area (Å²) >= 11 is 4.51. The Morgan fingerprint density at radius 1 is 1.31 bits per heavy atom. The van der Waals surface area contributed by atoms with Crippen LogP contribution in [0.15, 0.2) is 39.0 Å². The zero-order chi connectivity index (χ0) is 9.73. The van der Waals surface area contributed by atoms with E-state index >= 15 is 0 Å². The molecule has 6 heteroatoms. The van der Waals surface area contributed by atoms with Gasteiger partial charge >= 0.3 is 0 Å². The van der Waals surface area contributed by atoms with Crippen LogP contribution in [-0.2, 0) is 21.2 Å². The molecule has 1 aromatic carbocycles. The van der Waals surface area contributed by atoms with Gasteiger partial charge in [0.15, 0.2) is 0 Å². The minimum atomic E-state index is -3.51. The molecule has 0 heterocycles. The van der Waals surface area contributed by atoms with Crippen molar-refractivity contribution in [2.45, 2.75) is 4.90 Å². The number of hydrogen-bond donors (Lipinski definition) is 1. The number of hydrogen-bond acceptors (Lipinski definition) is 2. The molecule has 0 fully saturated rings. The third kappa shape index (κ3) is 2.98. The van der Waals surface area contributed by atoms with Crippen molar-refractivity contribution in [2.75, 3.05) is 0 Å². The molecule has 70 valence electrons. The van der Waals surface area contributed by atoms with Gasteiger partial charge in [-0.1, -0.05) is 18.2 Å². The molecular formula is C7H7NO2S3. The van der Waals surface area contributed by atoms with Gasteiger partial charge in [-0.2, -0.15) is 8.42 Å². The van der Waals surface area contributed by atoms with E-state index in [-0.39, 0.29) is 4.90 Å². The van der Waals surface area contributed by atoms with Gasteiger partial charge in [-0.25, -0.2) is 0 Å². The normalized spacial score (nSPS) is 10.5. The van der Waals surface area contributed by atoms with E-state index in [0.717, 1.165) is 11.1 Å². The van der Waals surface area contributed by atoms with Crippen LogP contribution in [0.5, 0.6) is 0 Å². The first-order valence-electron chi connectivity index (χ1n) is 3.31. The molecule has 0 atom stereocenters. The van der Waals surface area contributed by atoms with E-state index in [0.29, 0.717) is 0 Å². The van der Waals surface area contributed by atoms with Crippen molar-refractivity contribution in [3.63, 3.8) is 0 Å². The summed E-state index contributed by atoms with van der Waals surface area (Å²) in [6.45, 7) is 0. The lowest BCUT2D eigenvalue weighted by Crippen LogP contribution is -1.94. The van der Waals surface area contributed by atoms with Crippen LogP contribution < -0.4 is 0 Å². The lowest BCUT2D eigenvalue weighted by molar-refractivity contribution is 0.598. The molecule has 13 heavy (non-hydrogen) atoms. The highest BCUT2D eigenvalue weighted by molar-refractivity contribution is 8.07. The molecule has 3 nitrogen and oxygen atoms in total. The van der Waals surface area contributed by atoms with Crippen LogP contribution >= 0.6 is 12.6 Å². The number of benzene rings is 1. The predicted molar refractivity (Wildman–Crippen MR) is 58.5 cm³/mol. The fraction of sp³-hybridized carbons (Fsp3) is 0. The summed E-state index contributed by atoms with van der Waals surface area (Å²) in [5.74, 6) is 0. The standard InChI is InChI=1S/C7H7NO2S3/c9-13(10,8-12-6-11)7-4-2-1-3-5-7/h1-6,11H. The Hall–Kier alpha value is -0.590. The second-order valence-electron chi connectivity index (χ2n) is 2.07. The van der Waals surface area contributed by atoms with Crippen LogP contribution in [0.3, 0.4) is 0 Å². The summed E-state index contributed by atoms with van der Waals surface area (Å²) in [7, 11) is -3.51. The van der Waals surface area contributed by atoms with Gasteiger partial charge < -0.3 is 0 Å². The first-order chi connectivity index (χ1) is 6.17. The molecule has 0 amide bonds. The summed E-state index contributed by atoms with van der Waals surface area (Å²) in [5.41, 5.74) is 0. The maximum absolute atomic E-state index is 11.3. The Bertz CT molecular complexity index is 432. The first kappa shape index (κ1) is 10.5. The van der Waals surface area contributed by atoms with E-state index < -0.39 is 10.0 Å². The molecule has 0 aliphatic rings. The third-order valence-electron chi connectivity index (χ3n) is 1.23. The fourth-order valence-electron chi connectivity index (χ4n) is 0.711. The minimum Gasteiger partial charge on any atom is -0.198 e. The maximum atomic E-state index is 11.3. The molecule has 0 saturated heterocycles. The van der Waals surface area contributed by atoms with Crippen molar-refractivity contribution in [2.24, 2.45) is 3.77 Å². The minimum absolute atomic E-state index is 0.192. The predicted octanol–water partition coefficient (Wildman–Crippen LogP) is 1.33. The summed E-state index contributed by atoms with van der Waals surface area (Å²) in [5, 5.41) is 0. The highest BCUT2D eigenvalue weighted by Gasteiger charge is 2.09. The molecule has 1 rings (SSSR count). The van der Waals surface area contributed by atoms with E-state index in [4.69, 9.17) is 0 Å². The highest BCUT2D eigenvalue weighted by Crippen LogP contribution is 2.09. The Balaban J connectivity index is 3.17. The van der Waals surface area contributed by atoms with Crippen molar-refractivity contribution in [3.8, 4) is 0 Å². The number of nitrogens with zero attached hydrogens (tertiary/aromatic N) is 1. The molecule has 0 spiro atoms. The maximum Gasteiger partial charge on any atom is 0.292 e. The summed E-state index contributed by atoms with van der Waals surface area (Å²) in [4.78, 5) is 0.192. The van der Waals surface area contributed by atoms with Gasteiger partial charge in [-0.3, -0.25) is 0 Å². The molecule has 0 aliphatic carbocycles. The number of thiol groups is 1. The topological polar surface area (TPSA) is 46.5 Å². The Morgan fingerprint density at radius 2 is 1.92 bits per heavy atom. The van der Waals surface area contributed by atoms with Gasteiger partial charge in [-0.15, -0.1) is 16.4 Å². The second-order valence-corrected chi connectivity index (χ2v) is 5.15. The molecule has 0 bridgehead atoms. The van der Waals surface area contributed by atoms with Crippen molar-refractivity contribution >= 4 is 38.5 Å². The van der Waals surface area contributed by atoms with Crippen molar-refractivity contribution < 1.29 is 8.42 Å². The van der Waals surface area contributed by atoms with Crippen molar-refractivity contribution in [3.05, 3.63) is 30.3 Å². The second kappa shape index (κ2) is 4.59. The monoisotopic (exact) mass is 233 g/mol. The first-order valence-corrected chi connectivity index (χ1v) is 6.10. The number of rotatable bonds is 2. The summed E-state index contributed by atoms with van der Waals surface area (Å²) in [6.07, 6.45) is 0. The molecule has 0 aromatic heterocycles. The third-order valence-corrected chi connectivity index (χ3v) is 3.60. The van der Waals surface area contributed by atoms with E-state index in [1.165, 1.54) is 16.8 Å². The largest absolute Gasteiger partial charge is 0.292 e. The SMILES string of the molecule is O=S(=O)(N=S=CS)c1ccccc1. The average molecular weight is 233 g/mol. The van der Waals surface area contributed by atoms with Gasteiger partial charge in [0.1, 0.15) is 0 Å². The Kier molecular flexibility index (Phi) is 3.71. The van der Waals surface area contributed by atoms with Crippen LogP contribution in [0.4, 0.5) is 0 Å². The quantitative estimate of drug-likeness (QED) is 0.619. The fourth-order valence-corrected chi connectivity index (χ4v) is 2.51. The highest BCUT2D eigenvalue weighted by atomic mass is 32.2. The smallest absolute Gasteiger partial charge is 0.198 e. The molecule has 0 aliphatic heterocycles. The van der Waals surface area contributed by atoms with Gasteiger partial charge in [0, 0.05) is 4.70 Å². The van der Waals surface area contributed by atoms with Crippen LogP contribution in [0.25, 0.3) is 0 Å². The van der Waals surface area contributed by atoms with Crippen LogP contribution in [0.1, 0.15) is 0 Å². The lowest BCUT2D eigenvalue weighted by atomic mass is 10.4. The zero-order valence-electron chi connectivity index (χ0n) is 6.49. The Labute approximate surface area is 86.0 Å². The summed E-state index contributed by atoms with van der Waals surface area (Å²) in [6, 6.07) is 8.04. The zero-order valence-corrected chi connectivity index (χ0v) is 9.02. The lowest BCUT2D eigenvalue weighted by Gasteiger charge is -1.93. The molecule has 0 radical (unpaired) electrons. The van der Waals surface area contributed by atoms with Crippen molar-refractivity contribution in [1.29, 1.82) is 0 Å². The van der Waals surface area contributed by atoms with Crippen LogP contribution in [0.2, 0.25) is 0 Å². The van der Waals surface area contributed by atoms with Gasteiger partial charge in [0.25, 0.3) is 10.0 Å². The Morgan fingerprint density at radius 3 is 2.46 bits per heavy atom. The van der Waals surface area contributed by atoms with E-state index in [2.05, 4.69) is 16.4 Å². The molecule has 0 unspecified atom stereocenters. The van der Waals surface area contributed by atoms with Gasteiger partial charge in [-0.05, 0) is 23.3 Å². The molecule has 0 N–H and O–H groups in total. The molecule has 0 saturated carbocycles. The molecular weight excluding hydrogens is 226 g/mol. The van der Waals surface area contributed by atoms with E-state index in [1.807, 2.05) is 0 Å². The van der Waals surface area contributed by atoms with E-state index in [9.17, 15) is 8.42 Å².